The molecule has 2 aromatic carbocycles. The number of anilines is 1. The predicted octanol–water partition coefficient (Wildman–Crippen LogP) is 3.69. The largest absolute Gasteiger partial charge is 0.322 e. The summed E-state index contributed by atoms with van der Waals surface area (Å²) in [6, 6.07) is 10.1. The molecule has 0 atom stereocenters. The van der Waals surface area contributed by atoms with E-state index < -0.39 is 10.8 Å². The number of nitro groups is 1. The minimum absolute atomic E-state index is 0.0553. The Kier molecular flexibility index (Phi) is 4.63. The fraction of sp³-hybridized carbons (Fsp3) is 0.0625. The third kappa shape index (κ3) is 3.76. The van der Waals surface area contributed by atoms with Gasteiger partial charge in [-0.05, 0) is 36.8 Å². The van der Waals surface area contributed by atoms with Gasteiger partial charge in [-0.15, -0.1) is 0 Å². The molecule has 0 fully saturated rings. The topological polar surface area (TPSA) is 72.2 Å². The summed E-state index contributed by atoms with van der Waals surface area (Å²) in [5.74, 6) is -0.776. The van der Waals surface area contributed by atoms with Crippen LogP contribution in [0.1, 0.15) is 11.1 Å². The monoisotopic (exact) mass is 300 g/mol. The van der Waals surface area contributed by atoms with Crippen molar-refractivity contribution in [3.63, 3.8) is 0 Å². The van der Waals surface area contributed by atoms with E-state index in [0.717, 1.165) is 0 Å². The van der Waals surface area contributed by atoms with Gasteiger partial charge in [-0.25, -0.2) is 4.39 Å². The van der Waals surface area contributed by atoms with Crippen molar-refractivity contribution in [2.75, 3.05) is 5.32 Å². The maximum Gasteiger partial charge on any atom is 0.274 e. The van der Waals surface area contributed by atoms with Crippen molar-refractivity contribution in [2.45, 2.75) is 6.92 Å². The van der Waals surface area contributed by atoms with Crippen LogP contribution in [0.5, 0.6) is 0 Å². The Morgan fingerprint density at radius 1 is 1.23 bits per heavy atom. The van der Waals surface area contributed by atoms with Crippen LogP contribution in [0.2, 0.25) is 0 Å². The van der Waals surface area contributed by atoms with Gasteiger partial charge in [0.05, 0.1) is 16.2 Å². The minimum atomic E-state index is -0.501. The van der Waals surface area contributed by atoms with Crippen LogP contribution < -0.4 is 5.32 Å². The van der Waals surface area contributed by atoms with E-state index in [9.17, 15) is 19.3 Å². The van der Waals surface area contributed by atoms with Crippen LogP contribution in [0, 0.1) is 22.9 Å². The van der Waals surface area contributed by atoms with Gasteiger partial charge in [-0.2, -0.15) is 0 Å². The second kappa shape index (κ2) is 6.62. The van der Waals surface area contributed by atoms with E-state index in [4.69, 9.17) is 0 Å². The highest BCUT2D eigenvalue weighted by atomic mass is 19.1. The number of carbonyl (C=O) groups is 1. The average Bonchev–Trinajstić information content (AvgIpc) is 2.48. The molecule has 0 bridgehead atoms. The minimum Gasteiger partial charge on any atom is -0.322 e. The van der Waals surface area contributed by atoms with Crippen molar-refractivity contribution < 1.29 is 14.1 Å². The summed E-state index contributed by atoms with van der Waals surface area (Å²) in [4.78, 5) is 22.2. The summed E-state index contributed by atoms with van der Waals surface area (Å²) in [5, 5.41) is 13.4. The molecule has 5 nitrogen and oxygen atoms in total. The average molecular weight is 300 g/mol. The van der Waals surface area contributed by atoms with E-state index in [0.29, 0.717) is 16.8 Å². The molecule has 0 aliphatic rings. The Balaban J connectivity index is 2.11. The highest BCUT2D eigenvalue weighted by Crippen LogP contribution is 2.24. The molecule has 0 heterocycles. The molecule has 0 saturated heterocycles. The van der Waals surface area contributed by atoms with Crippen LogP contribution in [0.25, 0.3) is 6.08 Å². The van der Waals surface area contributed by atoms with Gasteiger partial charge >= 0.3 is 0 Å². The number of halogens is 1. The van der Waals surface area contributed by atoms with E-state index in [-0.39, 0.29) is 11.5 Å². The lowest BCUT2D eigenvalue weighted by Gasteiger charge is -2.06. The number of nitrogens with one attached hydrogen (secondary N) is 1. The third-order valence-corrected chi connectivity index (χ3v) is 3.06. The molecule has 0 aliphatic carbocycles. The van der Waals surface area contributed by atoms with Gasteiger partial charge in [0, 0.05) is 12.1 Å². The first-order valence-electron chi connectivity index (χ1n) is 6.46. The fourth-order valence-electron chi connectivity index (χ4n) is 1.88. The van der Waals surface area contributed by atoms with Gasteiger partial charge in [0.15, 0.2) is 0 Å². The Morgan fingerprint density at radius 2 is 1.91 bits per heavy atom. The molecule has 0 unspecified atom stereocenters. The van der Waals surface area contributed by atoms with Gasteiger partial charge in [-0.3, -0.25) is 14.9 Å². The third-order valence-electron chi connectivity index (χ3n) is 3.06. The fourth-order valence-corrected chi connectivity index (χ4v) is 1.88. The normalized spacial score (nSPS) is 10.6. The second-order valence-electron chi connectivity index (χ2n) is 4.58. The molecular weight excluding hydrogens is 287 g/mol. The highest BCUT2D eigenvalue weighted by Gasteiger charge is 2.13. The van der Waals surface area contributed by atoms with E-state index in [2.05, 4.69) is 5.32 Å². The van der Waals surface area contributed by atoms with E-state index in [1.165, 1.54) is 48.6 Å². The summed E-state index contributed by atoms with van der Waals surface area (Å²) in [5.41, 5.74) is 1.38. The molecule has 0 radical (unpaired) electrons. The van der Waals surface area contributed by atoms with Crippen LogP contribution in [0.4, 0.5) is 15.8 Å². The number of hydrogen-bond acceptors (Lipinski definition) is 3. The molecule has 0 aliphatic heterocycles. The zero-order valence-corrected chi connectivity index (χ0v) is 11.7. The maximum atomic E-state index is 12.8. The summed E-state index contributed by atoms with van der Waals surface area (Å²) in [6.45, 7) is 1.57. The molecule has 6 heteroatoms. The first-order valence-corrected chi connectivity index (χ1v) is 6.46. The van der Waals surface area contributed by atoms with Gasteiger partial charge in [-0.1, -0.05) is 18.2 Å². The number of amides is 1. The van der Waals surface area contributed by atoms with Crippen LogP contribution in [0.3, 0.4) is 0 Å². The molecule has 2 rings (SSSR count). The quantitative estimate of drug-likeness (QED) is 0.531. The number of benzene rings is 2. The molecule has 2 aromatic rings. The molecule has 0 aromatic heterocycles. The smallest absolute Gasteiger partial charge is 0.274 e. The summed E-state index contributed by atoms with van der Waals surface area (Å²) < 4.78 is 12.8. The lowest BCUT2D eigenvalue weighted by molar-refractivity contribution is -0.385. The predicted molar refractivity (Wildman–Crippen MR) is 81.9 cm³/mol. The van der Waals surface area contributed by atoms with E-state index in [1.54, 1.807) is 13.0 Å². The molecular formula is C16H13FN2O3. The number of carbonyl (C=O) groups excluding carboxylic acids is 1. The van der Waals surface area contributed by atoms with Crippen molar-refractivity contribution >= 4 is 23.4 Å². The van der Waals surface area contributed by atoms with Crippen LogP contribution in [-0.2, 0) is 4.79 Å². The summed E-state index contributed by atoms with van der Waals surface area (Å²) >= 11 is 0. The molecule has 112 valence electrons. The van der Waals surface area contributed by atoms with Crippen molar-refractivity contribution in [3.8, 4) is 0 Å². The van der Waals surface area contributed by atoms with Crippen LogP contribution in [0.15, 0.2) is 48.5 Å². The van der Waals surface area contributed by atoms with Crippen molar-refractivity contribution in [3.05, 3.63) is 75.6 Å². The molecule has 22 heavy (non-hydrogen) atoms. The van der Waals surface area contributed by atoms with Gasteiger partial charge in [0.1, 0.15) is 5.82 Å². The zero-order valence-electron chi connectivity index (χ0n) is 11.7. The number of rotatable bonds is 4. The van der Waals surface area contributed by atoms with Crippen molar-refractivity contribution in [1.82, 2.24) is 0 Å². The summed E-state index contributed by atoms with van der Waals surface area (Å²) in [7, 11) is 0. The number of nitrogens with zero attached hydrogens (tertiary/aromatic N) is 1. The molecule has 1 N–H and O–H groups in total. The lowest BCUT2D eigenvalue weighted by atomic mass is 10.1. The Morgan fingerprint density at radius 3 is 2.55 bits per heavy atom. The van der Waals surface area contributed by atoms with Crippen LogP contribution in [-0.4, -0.2) is 10.8 Å². The van der Waals surface area contributed by atoms with Gasteiger partial charge in [0.2, 0.25) is 5.91 Å². The first-order chi connectivity index (χ1) is 10.5. The first kappa shape index (κ1) is 15.4. The summed E-state index contributed by atoms with van der Waals surface area (Å²) in [6.07, 6.45) is 2.81. The maximum absolute atomic E-state index is 12.8. The zero-order chi connectivity index (χ0) is 16.1. The highest BCUT2D eigenvalue weighted by molar-refractivity contribution is 6.02. The van der Waals surface area contributed by atoms with E-state index >= 15 is 0 Å². The number of nitro benzene ring substituents is 1. The lowest BCUT2D eigenvalue weighted by Crippen LogP contribution is -2.09. The standard InChI is InChI=1S/C16H13FN2O3/c1-11-14(3-2-4-15(11)19(21)22)18-16(20)10-7-12-5-8-13(17)9-6-12/h2-10H,1H3,(H,18,20). The van der Waals surface area contributed by atoms with E-state index in [1.807, 2.05) is 0 Å². The molecule has 0 spiro atoms. The van der Waals surface area contributed by atoms with Crippen molar-refractivity contribution in [2.24, 2.45) is 0 Å². The Bertz CT molecular complexity index is 740. The van der Waals surface area contributed by atoms with Gasteiger partial charge in [0.25, 0.3) is 5.69 Å². The molecule has 0 saturated carbocycles. The van der Waals surface area contributed by atoms with Crippen molar-refractivity contribution in [1.29, 1.82) is 0 Å². The van der Waals surface area contributed by atoms with Crippen LogP contribution >= 0.6 is 0 Å². The Labute approximate surface area is 126 Å². The second-order valence-corrected chi connectivity index (χ2v) is 4.58. The SMILES string of the molecule is Cc1c(NC(=O)C=Cc2ccc(F)cc2)cccc1[N+](=O)[O-]. The Hall–Kier alpha value is -3.02. The van der Waals surface area contributed by atoms with Gasteiger partial charge < -0.3 is 5.32 Å². The molecule has 1 amide bonds. The number of hydrogen-bond donors (Lipinski definition) is 1.